The van der Waals surface area contributed by atoms with Gasteiger partial charge in [-0.2, -0.15) is 0 Å². The smallest absolute Gasteiger partial charge is 0.0326 e. The van der Waals surface area contributed by atoms with Gasteiger partial charge in [0.05, 0.1) is 0 Å². The summed E-state index contributed by atoms with van der Waals surface area (Å²) in [5, 5.41) is 0. The topological polar surface area (TPSA) is 6.48 Å². The molecule has 1 aliphatic carbocycles. The van der Waals surface area contributed by atoms with Gasteiger partial charge in [-0.25, -0.2) is 0 Å². The third-order valence-corrected chi connectivity index (χ3v) is 3.66. The molecular formula is C14H24N2. The molecule has 2 heteroatoms. The van der Waals surface area contributed by atoms with Crippen molar-refractivity contribution in [3.05, 3.63) is 23.4 Å². The van der Waals surface area contributed by atoms with Gasteiger partial charge in [0.15, 0.2) is 0 Å². The zero-order valence-electron chi connectivity index (χ0n) is 10.9. The number of hydrogen-bond acceptors (Lipinski definition) is 2. The lowest BCUT2D eigenvalue weighted by molar-refractivity contribution is 0.190. The molecule has 0 bridgehead atoms. The molecule has 0 radical (unpaired) electrons. The Hall–Kier alpha value is -0.760. The molecule has 0 spiro atoms. The van der Waals surface area contributed by atoms with Crippen LogP contribution in [-0.4, -0.2) is 43.0 Å². The van der Waals surface area contributed by atoms with E-state index >= 15 is 0 Å². The second-order valence-electron chi connectivity index (χ2n) is 5.46. The minimum atomic E-state index is 0.807. The van der Waals surface area contributed by atoms with Gasteiger partial charge in [-0.05, 0) is 38.8 Å². The lowest BCUT2D eigenvalue weighted by Crippen LogP contribution is -2.43. The molecule has 90 valence electrons. The molecule has 1 aliphatic heterocycles. The molecule has 2 aliphatic rings. The number of hydrogen-bond donors (Lipinski definition) is 0. The quantitative estimate of drug-likeness (QED) is 0.670. The van der Waals surface area contributed by atoms with Crippen LogP contribution in [-0.2, 0) is 0 Å². The molecule has 0 aromatic heterocycles. The van der Waals surface area contributed by atoms with E-state index in [-0.39, 0.29) is 0 Å². The van der Waals surface area contributed by atoms with E-state index in [1.165, 1.54) is 50.3 Å². The van der Waals surface area contributed by atoms with Gasteiger partial charge < -0.3 is 9.80 Å². The SMILES string of the molecule is CC1=CC(N2CCN(C)CC2)=CCC(C)C1. The van der Waals surface area contributed by atoms with Crippen LogP contribution in [0.25, 0.3) is 0 Å². The third-order valence-electron chi connectivity index (χ3n) is 3.66. The molecule has 1 atom stereocenters. The first-order valence-corrected chi connectivity index (χ1v) is 6.46. The van der Waals surface area contributed by atoms with Gasteiger partial charge >= 0.3 is 0 Å². The Labute approximate surface area is 99.6 Å². The van der Waals surface area contributed by atoms with Crippen molar-refractivity contribution in [2.75, 3.05) is 33.2 Å². The van der Waals surface area contributed by atoms with Crippen molar-refractivity contribution in [3.63, 3.8) is 0 Å². The van der Waals surface area contributed by atoms with E-state index in [0.29, 0.717) is 0 Å². The van der Waals surface area contributed by atoms with E-state index < -0.39 is 0 Å². The molecule has 0 aromatic carbocycles. The lowest BCUT2D eigenvalue weighted by Gasteiger charge is -2.34. The van der Waals surface area contributed by atoms with E-state index in [0.717, 1.165) is 5.92 Å². The Bertz CT molecular complexity index is 296. The van der Waals surface area contributed by atoms with Gasteiger partial charge in [0.25, 0.3) is 0 Å². The Balaban J connectivity index is 2.05. The normalized spacial score (nSPS) is 28.4. The molecule has 1 unspecified atom stereocenters. The van der Waals surface area contributed by atoms with Crippen LogP contribution in [0.1, 0.15) is 26.7 Å². The average Bonchev–Trinajstić information content (AvgIpc) is 2.41. The Morgan fingerprint density at radius 3 is 2.56 bits per heavy atom. The van der Waals surface area contributed by atoms with Gasteiger partial charge in [0.1, 0.15) is 0 Å². The van der Waals surface area contributed by atoms with Gasteiger partial charge in [-0.3, -0.25) is 0 Å². The van der Waals surface area contributed by atoms with Gasteiger partial charge in [-0.15, -0.1) is 0 Å². The van der Waals surface area contributed by atoms with E-state index in [9.17, 15) is 0 Å². The van der Waals surface area contributed by atoms with Crippen LogP contribution in [0.2, 0.25) is 0 Å². The number of nitrogens with zero attached hydrogens (tertiary/aromatic N) is 2. The summed E-state index contributed by atoms with van der Waals surface area (Å²) in [6.45, 7) is 9.37. The summed E-state index contributed by atoms with van der Waals surface area (Å²) in [5.74, 6) is 0.807. The van der Waals surface area contributed by atoms with Crippen molar-refractivity contribution in [1.82, 2.24) is 9.80 Å². The van der Waals surface area contributed by atoms with Crippen LogP contribution < -0.4 is 0 Å². The lowest BCUT2D eigenvalue weighted by atomic mass is 10.0. The molecule has 1 saturated heterocycles. The highest BCUT2D eigenvalue weighted by Crippen LogP contribution is 2.24. The summed E-state index contributed by atoms with van der Waals surface area (Å²) in [6, 6.07) is 0. The molecule has 1 heterocycles. The fourth-order valence-corrected chi connectivity index (χ4v) is 2.61. The van der Waals surface area contributed by atoms with Crippen molar-refractivity contribution in [2.45, 2.75) is 26.7 Å². The number of allylic oxidation sites excluding steroid dienone is 3. The molecular weight excluding hydrogens is 196 g/mol. The van der Waals surface area contributed by atoms with E-state index in [1.807, 2.05) is 0 Å². The summed E-state index contributed by atoms with van der Waals surface area (Å²) in [5.41, 5.74) is 3.00. The highest BCUT2D eigenvalue weighted by molar-refractivity contribution is 5.24. The molecule has 0 amide bonds. The zero-order chi connectivity index (χ0) is 11.5. The molecule has 0 aromatic rings. The third kappa shape index (κ3) is 2.88. The molecule has 2 rings (SSSR count). The van der Waals surface area contributed by atoms with E-state index in [1.54, 1.807) is 0 Å². The summed E-state index contributed by atoms with van der Waals surface area (Å²) >= 11 is 0. The number of rotatable bonds is 1. The van der Waals surface area contributed by atoms with Gasteiger partial charge in [0, 0.05) is 31.9 Å². The van der Waals surface area contributed by atoms with Crippen molar-refractivity contribution in [3.8, 4) is 0 Å². The standard InChI is InChI=1S/C14H24N2/c1-12-4-5-14(11-13(2)10-12)16-8-6-15(3)7-9-16/h5,11-12H,4,6-10H2,1-3H3. The van der Waals surface area contributed by atoms with Crippen LogP contribution in [0, 0.1) is 5.92 Å². The second kappa shape index (κ2) is 5.05. The van der Waals surface area contributed by atoms with Crippen LogP contribution in [0.4, 0.5) is 0 Å². The van der Waals surface area contributed by atoms with Crippen molar-refractivity contribution >= 4 is 0 Å². The maximum atomic E-state index is 2.54. The van der Waals surface area contributed by atoms with Crippen molar-refractivity contribution in [2.24, 2.45) is 5.92 Å². The van der Waals surface area contributed by atoms with Crippen LogP contribution in [0.15, 0.2) is 23.4 Å². The Morgan fingerprint density at radius 1 is 1.19 bits per heavy atom. The van der Waals surface area contributed by atoms with E-state index in [4.69, 9.17) is 0 Å². The molecule has 0 saturated carbocycles. The predicted molar refractivity (Wildman–Crippen MR) is 69.3 cm³/mol. The summed E-state index contributed by atoms with van der Waals surface area (Å²) in [6.07, 6.45) is 7.32. The fraction of sp³-hybridized carbons (Fsp3) is 0.714. The van der Waals surface area contributed by atoms with Crippen molar-refractivity contribution < 1.29 is 0 Å². The monoisotopic (exact) mass is 220 g/mol. The van der Waals surface area contributed by atoms with Gasteiger partial charge in [0.2, 0.25) is 0 Å². The van der Waals surface area contributed by atoms with Gasteiger partial charge in [-0.1, -0.05) is 18.6 Å². The number of piperazine rings is 1. The van der Waals surface area contributed by atoms with Crippen molar-refractivity contribution in [1.29, 1.82) is 0 Å². The fourth-order valence-electron chi connectivity index (χ4n) is 2.61. The van der Waals surface area contributed by atoms with Crippen LogP contribution in [0.3, 0.4) is 0 Å². The Morgan fingerprint density at radius 2 is 1.88 bits per heavy atom. The largest absolute Gasteiger partial charge is 0.369 e. The molecule has 1 fully saturated rings. The second-order valence-corrected chi connectivity index (χ2v) is 5.46. The summed E-state index contributed by atoms with van der Waals surface area (Å²) in [4.78, 5) is 4.95. The average molecular weight is 220 g/mol. The molecule has 2 nitrogen and oxygen atoms in total. The van der Waals surface area contributed by atoms with Crippen LogP contribution >= 0.6 is 0 Å². The highest BCUT2D eigenvalue weighted by Gasteiger charge is 2.17. The zero-order valence-corrected chi connectivity index (χ0v) is 10.9. The Kier molecular flexibility index (Phi) is 3.70. The first-order chi connectivity index (χ1) is 7.65. The maximum absolute atomic E-state index is 2.54. The molecule has 16 heavy (non-hydrogen) atoms. The summed E-state index contributed by atoms with van der Waals surface area (Å²) in [7, 11) is 2.21. The first-order valence-electron chi connectivity index (χ1n) is 6.46. The maximum Gasteiger partial charge on any atom is 0.0326 e. The highest BCUT2D eigenvalue weighted by atomic mass is 15.2. The summed E-state index contributed by atoms with van der Waals surface area (Å²) < 4.78 is 0. The molecule has 0 N–H and O–H groups in total. The minimum absolute atomic E-state index is 0.807. The predicted octanol–water partition coefficient (Wildman–Crippen LogP) is 2.49. The van der Waals surface area contributed by atoms with Crippen LogP contribution in [0.5, 0.6) is 0 Å². The first kappa shape index (κ1) is 11.7. The van der Waals surface area contributed by atoms with E-state index in [2.05, 4.69) is 42.8 Å². The minimum Gasteiger partial charge on any atom is -0.369 e. The number of likely N-dealkylation sites (N-methyl/N-ethyl adjacent to an activating group) is 1.